The minimum absolute atomic E-state index is 0.116. The lowest BCUT2D eigenvalue weighted by molar-refractivity contribution is 0.282. The molecule has 16 heavy (non-hydrogen) atoms. The number of nitrogens with one attached hydrogen (secondary N) is 1. The van der Waals surface area contributed by atoms with Crippen molar-refractivity contribution in [2.75, 3.05) is 19.3 Å². The van der Waals surface area contributed by atoms with Crippen LogP contribution < -0.4 is 5.32 Å². The normalized spacial score (nSPS) is 21.6. The number of nitriles is 1. The fourth-order valence-electron chi connectivity index (χ4n) is 1.89. The van der Waals surface area contributed by atoms with E-state index in [9.17, 15) is 8.42 Å². The highest BCUT2D eigenvalue weighted by molar-refractivity contribution is 7.88. The topological polar surface area (TPSA) is 73.2 Å². The molecule has 1 heterocycles. The van der Waals surface area contributed by atoms with E-state index in [-0.39, 0.29) is 12.1 Å². The molecule has 0 bridgehead atoms. The molecular formula is C10H19N3O2S. The Labute approximate surface area is 97.5 Å². The first-order valence-electron chi connectivity index (χ1n) is 5.58. The van der Waals surface area contributed by atoms with Crippen LogP contribution in [0.3, 0.4) is 0 Å². The van der Waals surface area contributed by atoms with Crippen molar-refractivity contribution in [2.24, 2.45) is 0 Å². The number of hydrogen-bond donors (Lipinski definition) is 1. The first-order valence-corrected chi connectivity index (χ1v) is 7.43. The molecule has 0 amide bonds. The van der Waals surface area contributed by atoms with Crippen LogP contribution in [0.2, 0.25) is 0 Å². The third-order valence-corrected chi connectivity index (χ3v) is 4.23. The fourth-order valence-corrected chi connectivity index (χ4v) is 2.76. The summed E-state index contributed by atoms with van der Waals surface area (Å²) in [6.45, 7) is 3.07. The summed E-state index contributed by atoms with van der Waals surface area (Å²) < 4.78 is 24.1. The summed E-state index contributed by atoms with van der Waals surface area (Å²) in [6.07, 6.45) is 3.59. The molecule has 1 atom stereocenters. The van der Waals surface area contributed by atoms with Crippen LogP contribution in [0, 0.1) is 11.3 Å². The van der Waals surface area contributed by atoms with Crippen LogP contribution in [0.15, 0.2) is 0 Å². The zero-order chi connectivity index (χ0) is 12.2. The van der Waals surface area contributed by atoms with Crippen molar-refractivity contribution in [1.82, 2.24) is 9.62 Å². The lowest BCUT2D eigenvalue weighted by atomic mass is 10.1. The van der Waals surface area contributed by atoms with E-state index >= 15 is 0 Å². The van der Waals surface area contributed by atoms with E-state index in [0.29, 0.717) is 13.1 Å². The maximum absolute atomic E-state index is 11.3. The summed E-state index contributed by atoms with van der Waals surface area (Å²) in [5, 5.41) is 12.1. The van der Waals surface area contributed by atoms with Gasteiger partial charge in [-0.25, -0.2) is 12.7 Å². The van der Waals surface area contributed by atoms with Gasteiger partial charge in [0.15, 0.2) is 0 Å². The van der Waals surface area contributed by atoms with Crippen molar-refractivity contribution in [3.05, 3.63) is 0 Å². The summed E-state index contributed by atoms with van der Waals surface area (Å²) in [6, 6.07) is 2.35. The third kappa shape index (κ3) is 3.74. The Morgan fingerprint density at radius 2 is 2.06 bits per heavy atom. The standard InChI is InChI=1S/C10H19N3O2S/c1-3-9(8-11)12-10-4-6-13(7-5-10)16(2,14)15/h9-10,12H,3-7H2,1-2H3. The smallest absolute Gasteiger partial charge is 0.211 e. The van der Waals surface area contributed by atoms with Gasteiger partial charge in [0.25, 0.3) is 0 Å². The monoisotopic (exact) mass is 245 g/mol. The predicted molar refractivity (Wildman–Crippen MR) is 62.3 cm³/mol. The van der Waals surface area contributed by atoms with Crippen LogP contribution in [0.4, 0.5) is 0 Å². The van der Waals surface area contributed by atoms with E-state index in [1.165, 1.54) is 10.6 Å². The second kappa shape index (κ2) is 5.62. The Morgan fingerprint density at radius 1 is 1.50 bits per heavy atom. The molecule has 1 aliphatic heterocycles. The molecule has 0 aromatic heterocycles. The number of nitrogens with zero attached hydrogens (tertiary/aromatic N) is 2. The molecule has 1 fully saturated rings. The molecule has 0 aromatic rings. The summed E-state index contributed by atoms with van der Waals surface area (Å²) in [7, 11) is -3.05. The molecule has 0 spiro atoms. The molecule has 0 aliphatic carbocycles. The predicted octanol–water partition coefficient (Wildman–Crippen LogP) is 0.302. The molecule has 5 nitrogen and oxygen atoms in total. The van der Waals surface area contributed by atoms with Crippen LogP contribution in [0.25, 0.3) is 0 Å². The van der Waals surface area contributed by atoms with Crippen molar-refractivity contribution in [3.8, 4) is 6.07 Å². The average molecular weight is 245 g/mol. The molecule has 1 rings (SSSR count). The van der Waals surface area contributed by atoms with E-state index in [1.54, 1.807) is 0 Å². The molecule has 0 saturated carbocycles. The zero-order valence-electron chi connectivity index (χ0n) is 9.81. The van der Waals surface area contributed by atoms with Crippen LogP contribution in [0.1, 0.15) is 26.2 Å². The molecule has 6 heteroatoms. The highest BCUT2D eigenvalue weighted by Gasteiger charge is 2.25. The number of rotatable bonds is 4. The summed E-state index contributed by atoms with van der Waals surface area (Å²) in [5.41, 5.74) is 0. The lowest BCUT2D eigenvalue weighted by Gasteiger charge is -2.31. The molecule has 1 unspecified atom stereocenters. The molecular weight excluding hydrogens is 226 g/mol. The summed E-state index contributed by atoms with van der Waals surface area (Å²) in [4.78, 5) is 0. The van der Waals surface area contributed by atoms with Gasteiger partial charge >= 0.3 is 0 Å². The summed E-state index contributed by atoms with van der Waals surface area (Å²) >= 11 is 0. The number of sulfonamides is 1. The Morgan fingerprint density at radius 3 is 2.44 bits per heavy atom. The number of piperidine rings is 1. The van der Waals surface area contributed by atoms with E-state index in [1.807, 2.05) is 6.92 Å². The van der Waals surface area contributed by atoms with E-state index in [0.717, 1.165) is 19.3 Å². The van der Waals surface area contributed by atoms with Crippen molar-refractivity contribution >= 4 is 10.0 Å². The van der Waals surface area contributed by atoms with E-state index in [4.69, 9.17) is 5.26 Å². The Balaban J connectivity index is 2.41. The fraction of sp³-hybridized carbons (Fsp3) is 0.900. The molecule has 1 aliphatic rings. The molecule has 0 aromatic carbocycles. The SMILES string of the molecule is CCC(C#N)NC1CCN(S(C)(=O)=O)CC1. The molecule has 1 N–H and O–H groups in total. The van der Waals surface area contributed by atoms with Crippen molar-refractivity contribution in [2.45, 2.75) is 38.3 Å². The summed E-state index contributed by atoms with van der Waals surface area (Å²) in [5.74, 6) is 0. The Kier molecular flexibility index (Phi) is 4.71. The van der Waals surface area contributed by atoms with Crippen molar-refractivity contribution in [3.63, 3.8) is 0 Å². The minimum atomic E-state index is -3.05. The van der Waals surface area contributed by atoms with Gasteiger partial charge in [-0.05, 0) is 19.3 Å². The zero-order valence-corrected chi connectivity index (χ0v) is 10.6. The van der Waals surface area contributed by atoms with Gasteiger partial charge < -0.3 is 0 Å². The van der Waals surface area contributed by atoms with Crippen LogP contribution in [0.5, 0.6) is 0 Å². The highest BCUT2D eigenvalue weighted by Crippen LogP contribution is 2.13. The van der Waals surface area contributed by atoms with Crippen LogP contribution >= 0.6 is 0 Å². The van der Waals surface area contributed by atoms with Gasteiger partial charge in [0.2, 0.25) is 10.0 Å². The second-order valence-corrected chi connectivity index (χ2v) is 6.18. The lowest BCUT2D eigenvalue weighted by Crippen LogP contribution is -2.47. The maximum atomic E-state index is 11.3. The van der Waals surface area contributed by atoms with Gasteiger partial charge in [-0.3, -0.25) is 5.32 Å². The Bertz CT molecular complexity index is 353. The van der Waals surface area contributed by atoms with Gasteiger partial charge in [-0.1, -0.05) is 6.92 Å². The highest BCUT2D eigenvalue weighted by atomic mass is 32.2. The van der Waals surface area contributed by atoms with E-state index in [2.05, 4.69) is 11.4 Å². The van der Waals surface area contributed by atoms with Crippen molar-refractivity contribution in [1.29, 1.82) is 5.26 Å². The first-order chi connectivity index (χ1) is 7.47. The average Bonchev–Trinajstić information content (AvgIpc) is 2.25. The third-order valence-electron chi connectivity index (χ3n) is 2.92. The number of hydrogen-bond acceptors (Lipinski definition) is 4. The van der Waals surface area contributed by atoms with Crippen molar-refractivity contribution < 1.29 is 8.42 Å². The van der Waals surface area contributed by atoms with Gasteiger partial charge in [0.1, 0.15) is 0 Å². The van der Waals surface area contributed by atoms with E-state index < -0.39 is 10.0 Å². The largest absolute Gasteiger partial charge is 0.299 e. The van der Waals surface area contributed by atoms with Gasteiger partial charge in [0, 0.05) is 19.1 Å². The maximum Gasteiger partial charge on any atom is 0.211 e. The molecule has 0 radical (unpaired) electrons. The van der Waals surface area contributed by atoms with Gasteiger partial charge in [-0.15, -0.1) is 0 Å². The molecule has 92 valence electrons. The first kappa shape index (κ1) is 13.4. The quantitative estimate of drug-likeness (QED) is 0.773. The minimum Gasteiger partial charge on any atom is -0.299 e. The van der Waals surface area contributed by atoms with Crippen LogP contribution in [-0.2, 0) is 10.0 Å². The second-order valence-electron chi connectivity index (χ2n) is 4.19. The Hall–Kier alpha value is -0.640. The van der Waals surface area contributed by atoms with Crippen LogP contribution in [-0.4, -0.2) is 44.2 Å². The molecule has 1 saturated heterocycles. The van der Waals surface area contributed by atoms with Gasteiger partial charge in [0.05, 0.1) is 18.4 Å². The van der Waals surface area contributed by atoms with Gasteiger partial charge in [-0.2, -0.15) is 5.26 Å².